The number of hydrogen-bond acceptors (Lipinski definition) is 4. The van der Waals surface area contributed by atoms with Crippen LogP contribution < -0.4 is 0 Å². The lowest BCUT2D eigenvalue weighted by Crippen LogP contribution is -2.52. The van der Waals surface area contributed by atoms with E-state index in [4.69, 9.17) is 9.84 Å². The van der Waals surface area contributed by atoms with Crippen molar-refractivity contribution in [2.75, 3.05) is 13.2 Å². The van der Waals surface area contributed by atoms with Gasteiger partial charge in [-0.1, -0.05) is 20.8 Å². The summed E-state index contributed by atoms with van der Waals surface area (Å²) in [5, 5.41) is 28.4. The Hall–Kier alpha value is -0.160. The van der Waals surface area contributed by atoms with Crippen molar-refractivity contribution < 1.29 is 20.1 Å². The van der Waals surface area contributed by atoms with Gasteiger partial charge in [0.05, 0.1) is 19.3 Å². The molecule has 0 amide bonds. The maximum atomic E-state index is 9.86. The minimum absolute atomic E-state index is 0.0530. The summed E-state index contributed by atoms with van der Waals surface area (Å²) in [6, 6.07) is 0. The van der Waals surface area contributed by atoms with Crippen LogP contribution in [0.4, 0.5) is 0 Å². The molecule has 0 saturated carbocycles. The fraction of sp³-hybridized carbons (Fsp3) is 1.00. The average Bonchev–Trinajstić information content (AvgIpc) is 2.11. The molecule has 1 rings (SSSR count). The van der Waals surface area contributed by atoms with E-state index in [-0.39, 0.29) is 17.9 Å². The Morgan fingerprint density at radius 1 is 1.20 bits per heavy atom. The zero-order chi connectivity index (χ0) is 11.6. The summed E-state index contributed by atoms with van der Waals surface area (Å²) in [5.74, 6) is -0.0530. The van der Waals surface area contributed by atoms with Gasteiger partial charge >= 0.3 is 0 Å². The fourth-order valence-corrected chi connectivity index (χ4v) is 2.07. The maximum absolute atomic E-state index is 9.86. The molecule has 3 N–H and O–H groups in total. The number of rotatable bonds is 2. The van der Waals surface area contributed by atoms with Gasteiger partial charge in [0.1, 0.15) is 12.2 Å². The first-order valence-electron chi connectivity index (χ1n) is 5.44. The second-order valence-corrected chi connectivity index (χ2v) is 5.56. The molecule has 0 aromatic heterocycles. The Labute approximate surface area is 90.9 Å². The molecule has 1 fully saturated rings. The van der Waals surface area contributed by atoms with Crippen LogP contribution in [0.3, 0.4) is 0 Å². The molecule has 1 aliphatic rings. The van der Waals surface area contributed by atoms with Crippen LogP contribution in [0.15, 0.2) is 0 Å². The van der Waals surface area contributed by atoms with E-state index in [1.165, 1.54) is 0 Å². The van der Waals surface area contributed by atoms with E-state index in [1.807, 2.05) is 0 Å². The Morgan fingerprint density at radius 2 is 1.80 bits per heavy atom. The van der Waals surface area contributed by atoms with Gasteiger partial charge in [-0.3, -0.25) is 0 Å². The van der Waals surface area contributed by atoms with Crippen LogP contribution in [0, 0.1) is 11.3 Å². The summed E-state index contributed by atoms with van der Waals surface area (Å²) < 4.78 is 5.31. The highest BCUT2D eigenvalue weighted by Gasteiger charge is 2.39. The minimum Gasteiger partial charge on any atom is -0.394 e. The molecule has 0 unspecified atom stereocenters. The number of aliphatic hydroxyl groups excluding tert-OH is 3. The predicted molar refractivity (Wildman–Crippen MR) is 56.4 cm³/mol. The molecule has 4 atom stereocenters. The van der Waals surface area contributed by atoms with Crippen molar-refractivity contribution in [2.24, 2.45) is 11.3 Å². The lowest BCUT2D eigenvalue weighted by Gasteiger charge is -2.39. The average molecular weight is 218 g/mol. The first-order chi connectivity index (χ1) is 6.85. The van der Waals surface area contributed by atoms with E-state index in [2.05, 4.69) is 20.8 Å². The first-order valence-corrected chi connectivity index (χ1v) is 5.44. The molecule has 0 bridgehead atoms. The summed E-state index contributed by atoms with van der Waals surface area (Å²) in [7, 11) is 0. The highest BCUT2D eigenvalue weighted by molar-refractivity contribution is 4.88. The zero-order valence-corrected chi connectivity index (χ0v) is 9.68. The normalized spacial score (nSPS) is 38.0. The Kier molecular flexibility index (Phi) is 4.12. The molecule has 0 spiro atoms. The SMILES string of the molecule is CC(C)(C)C[C@@H]1CO[C@H](CO)[C@H](O)[C@@H]1O. The third-order valence-electron chi connectivity index (χ3n) is 2.79. The molecular weight excluding hydrogens is 196 g/mol. The van der Waals surface area contributed by atoms with Crippen LogP contribution in [-0.4, -0.2) is 46.8 Å². The van der Waals surface area contributed by atoms with Gasteiger partial charge in [-0.15, -0.1) is 0 Å². The van der Waals surface area contributed by atoms with Crippen LogP contribution in [0.2, 0.25) is 0 Å². The lowest BCUT2D eigenvalue weighted by molar-refractivity contribution is -0.179. The minimum atomic E-state index is -0.976. The Morgan fingerprint density at radius 3 is 2.27 bits per heavy atom. The van der Waals surface area contributed by atoms with Crippen LogP contribution in [0.25, 0.3) is 0 Å². The van der Waals surface area contributed by atoms with E-state index in [0.717, 1.165) is 6.42 Å². The van der Waals surface area contributed by atoms with Crippen molar-refractivity contribution in [1.82, 2.24) is 0 Å². The fourth-order valence-electron chi connectivity index (χ4n) is 2.07. The molecule has 0 aromatic rings. The standard InChI is InChI=1S/C11H22O4/c1-11(2,3)4-7-6-15-8(5-12)10(14)9(7)13/h7-10,12-14H,4-6H2,1-3H3/t7-,8-,9-,10+/m1/s1. The molecule has 4 heteroatoms. The van der Waals surface area contributed by atoms with Crippen molar-refractivity contribution >= 4 is 0 Å². The quantitative estimate of drug-likeness (QED) is 0.617. The summed E-state index contributed by atoms with van der Waals surface area (Å²) in [4.78, 5) is 0. The van der Waals surface area contributed by atoms with E-state index in [1.54, 1.807) is 0 Å². The van der Waals surface area contributed by atoms with Crippen LogP contribution in [-0.2, 0) is 4.74 Å². The molecule has 1 aliphatic heterocycles. The van der Waals surface area contributed by atoms with Crippen molar-refractivity contribution in [3.8, 4) is 0 Å². The Balaban J connectivity index is 2.56. The third-order valence-corrected chi connectivity index (χ3v) is 2.79. The van der Waals surface area contributed by atoms with Gasteiger partial charge in [0.15, 0.2) is 0 Å². The summed E-state index contributed by atoms with van der Waals surface area (Å²) in [6.45, 7) is 6.42. The molecule has 4 nitrogen and oxygen atoms in total. The summed E-state index contributed by atoms with van der Waals surface area (Å²) in [5.41, 5.74) is 0.0980. The van der Waals surface area contributed by atoms with E-state index in [9.17, 15) is 10.2 Å². The molecule has 0 radical (unpaired) electrons. The highest BCUT2D eigenvalue weighted by atomic mass is 16.5. The first kappa shape index (κ1) is 12.9. The number of ether oxygens (including phenoxy) is 1. The van der Waals surface area contributed by atoms with Crippen LogP contribution in [0.1, 0.15) is 27.2 Å². The van der Waals surface area contributed by atoms with Crippen LogP contribution >= 0.6 is 0 Å². The van der Waals surface area contributed by atoms with Gasteiger partial charge in [-0.2, -0.15) is 0 Å². The second-order valence-electron chi connectivity index (χ2n) is 5.56. The van der Waals surface area contributed by atoms with Crippen molar-refractivity contribution in [3.05, 3.63) is 0 Å². The van der Waals surface area contributed by atoms with Gasteiger partial charge < -0.3 is 20.1 Å². The van der Waals surface area contributed by atoms with E-state index >= 15 is 0 Å². The molecule has 1 heterocycles. The topological polar surface area (TPSA) is 69.9 Å². The van der Waals surface area contributed by atoms with Crippen molar-refractivity contribution in [2.45, 2.75) is 45.5 Å². The molecule has 0 aromatic carbocycles. The van der Waals surface area contributed by atoms with E-state index in [0.29, 0.717) is 6.61 Å². The smallest absolute Gasteiger partial charge is 0.109 e. The van der Waals surface area contributed by atoms with Crippen molar-refractivity contribution in [1.29, 1.82) is 0 Å². The molecule has 0 aliphatic carbocycles. The van der Waals surface area contributed by atoms with Crippen LogP contribution in [0.5, 0.6) is 0 Å². The molecule has 90 valence electrons. The summed E-state index contributed by atoms with van der Waals surface area (Å²) >= 11 is 0. The van der Waals surface area contributed by atoms with Gasteiger partial charge in [0, 0.05) is 5.92 Å². The molecule has 1 saturated heterocycles. The predicted octanol–water partition coefficient (Wildman–Crippen LogP) is 0.152. The second kappa shape index (κ2) is 4.78. The molecular formula is C11H22O4. The van der Waals surface area contributed by atoms with E-state index < -0.39 is 18.3 Å². The Bertz CT molecular complexity index is 199. The summed E-state index contributed by atoms with van der Waals surface area (Å²) in [6.07, 6.45) is -1.62. The zero-order valence-electron chi connectivity index (χ0n) is 9.68. The van der Waals surface area contributed by atoms with Crippen molar-refractivity contribution in [3.63, 3.8) is 0 Å². The lowest BCUT2D eigenvalue weighted by atomic mass is 9.79. The van der Waals surface area contributed by atoms with Gasteiger partial charge in [0.2, 0.25) is 0 Å². The highest BCUT2D eigenvalue weighted by Crippen LogP contribution is 2.31. The molecule has 15 heavy (non-hydrogen) atoms. The monoisotopic (exact) mass is 218 g/mol. The maximum Gasteiger partial charge on any atom is 0.109 e. The largest absolute Gasteiger partial charge is 0.394 e. The van der Waals surface area contributed by atoms with Gasteiger partial charge in [0.25, 0.3) is 0 Å². The van der Waals surface area contributed by atoms with Gasteiger partial charge in [-0.25, -0.2) is 0 Å². The number of aliphatic hydroxyl groups is 3. The number of hydrogen-bond donors (Lipinski definition) is 3. The third kappa shape index (κ3) is 3.41. The van der Waals surface area contributed by atoms with Gasteiger partial charge in [-0.05, 0) is 11.8 Å².